The van der Waals surface area contributed by atoms with Gasteiger partial charge in [-0.05, 0) is 0 Å². The van der Waals surface area contributed by atoms with E-state index in [2.05, 4.69) is 0 Å². The van der Waals surface area contributed by atoms with Crippen molar-refractivity contribution in [2.75, 3.05) is 6.61 Å². The summed E-state index contributed by atoms with van der Waals surface area (Å²) in [7, 11) is 0. The van der Waals surface area contributed by atoms with Crippen molar-refractivity contribution in [1.29, 1.82) is 0 Å². The number of carbonyl (C=O) groups excluding carboxylic acids is 2. The molecule has 0 radical (unpaired) electrons. The van der Waals surface area contributed by atoms with Crippen LogP contribution in [0.3, 0.4) is 0 Å². The molecule has 0 fully saturated rings. The second kappa shape index (κ2) is 8.24. The third-order valence-corrected chi connectivity index (χ3v) is 1.33. The summed E-state index contributed by atoms with van der Waals surface area (Å²) < 4.78 is 4.70. The van der Waals surface area contributed by atoms with Crippen molar-refractivity contribution in [3.63, 3.8) is 0 Å². The first kappa shape index (κ1) is 13.7. The zero-order valence-corrected chi connectivity index (χ0v) is 7.05. The molecule has 0 amide bonds. The van der Waals surface area contributed by atoms with Gasteiger partial charge in [0.2, 0.25) is 0 Å². The lowest BCUT2D eigenvalue weighted by Crippen LogP contribution is -2.07. The normalized spacial score (nSPS) is 8.50. The van der Waals surface area contributed by atoms with E-state index < -0.39 is 0 Å². The van der Waals surface area contributed by atoms with Gasteiger partial charge in [-0.1, -0.05) is 21.3 Å². The van der Waals surface area contributed by atoms with Crippen LogP contribution in [-0.2, 0) is 14.3 Å². The van der Waals surface area contributed by atoms with Gasteiger partial charge in [0.05, 0.1) is 6.61 Å². The number of hydrogen-bond acceptors (Lipinski definition) is 3. The van der Waals surface area contributed by atoms with Crippen LogP contribution < -0.4 is 0 Å². The van der Waals surface area contributed by atoms with E-state index in [1.54, 1.807) is 13.8 Å². The summed E-state index contributed by atoms with van der Waals surface area (Å²) in [6.07, 6.45) is 1.24. The van der Waals surface area contributed by atoms with Crippen LogP contribution in [0.25, 0.3) is 0 Å². The van der Waals surface area contributed by atoms with Crippen molar-refractivity contribution in [1.82, 2.24) is 0 Å². The Labute approximate surface area is 74.1 Å². The van der Waals surface area contributed by atoms with Gasteiger partial charge in [0, 0.05) is 19.3 Å². The Morgan fingerprint density at radius 1 is 1.17 bits per heavy atom. The Hall–Kier alpha value is -0.860. The predicted octanol–water partition coefficient (Wildman–Crippen LogP) is 1.94. The molecule has 0 rings (SSSR count). The van der Waals surface area contributed by atoms with Crippen LogP contribution >= 0.6 is 0 Å². The number of esters is 1. The summed E-state index contributed by atoms with van der Waals surface area (Å²) in [6.45, 7) is 3.76. The maximum absolute atomic E-state index is 10.7. The Kier molecular flexibility index (Phi) is 9.41. The standard InChI is InChI=1S/C8H14O3.CH4/c1-3-7(9)5-6-11-8(10)4-2;/h3-6H2,1-2H3;1H4. The number of ether oxygens (including phenoxy) is 1. The molecule has 0 saturated carbocycles. The molecule has 0 heterocycles. The lowest BCUT2D eigenvalue weighted by atomic mass is 10.2. The van der Waals surface area contributed by atoms with E-state index >= 15 is 0 Å². The van der Waals surface area contributed by atoms with Crippen LogP contribution in [0.2, 0.25) is 0 Å². The molecule has 3 heteroatoms. The Bertz CT molecular complexity index is 125. The molecule has 0 aromatic carbocycles. The first-order valence-electron chi connectivity index (χ1n) is 3.88. The molecule has 0 aliphatic heterocycles. The van der Waals surface area contributed by atoms with Gasteiger partial charge in [0.1, 0.15) is 5.78 Å². The number of carbonyl (C=O) groups is 2. The molecule has 0 saturated heterocycles. The summed E-state index contributed by atoms with van der Waals surface area (Å²) in [6, 6.07) is 0. The lowest BCUT2D eigenvalue weighted by Gasteiger charge is -2.00. The third kappa shape index (κ3) is 7.25. The highest BCUT2D eigenvalue weighted by Crippen LogP contribution is 1.91. The van der Waals surface area contributed by atoms with E-state index in [0.29, 0.717) is 19.3 Å². The zero-order valence-electron chi connectivity index (χ0n) is 7.05. The van der Waals surface area contributed by atoms with Crippen molar-refractivity contribution in [3.05, 3.63) is 0 Å². The van der Waals surface area contributed by atoms with Crippen LogP contribution in [-0.4, -0.2) is 18.4 Å². The fourth-order valence-corrected chi connectivity index (χ4v) is 0.558. The van der Waals surface area contributed by atoms with Crippen molar-refractivity contribution in [2.45, 2.75) is 40.5 Å². The van der Waals surface area contributed by atoms with E-state index in [-0.39, 0.29) is 25.8 Å². The predicted molar refractivity (Wildman–Crippen MR) is 47.9 cm³/mol. The fraction of sp³-hybridized carbons (Fsp3) is 0.778. The Morgan fingerprint density at radius 3 is 2.17 bits per heavy atom. The van der Waals surface area contributed by atoms with Gasteiger partial charge < -0.3 is 4.74 Å². The molecule has 12 heavy (non-hydrogen) atoms. The molecule has 3 nitrogen and oxygen atoms in total. The number of Topliss-reactive ketones (excluding diaryl/α,β-unsaturated/α-hetero) is 1. The molecule has 0 bridgehead atoms. The Balaban J connectivity index is 0. The highest BCUT2D eigenvalue weighted by Gasteiger charge is 2.00. The van der Waals surface area contributed by atoms with Crippen molar-refractivity contribution in [3.8, 4) is 0 Å². The van der Waals surface area contributed by atoms with Crippen molar-refractivity contribution >= 4 is 11.8 Å². The average molecular weight is 174 g/mol. The molecule has 0 aromatic heterocycles. The minimum atomic E-state index is -0.242. The van der Waals surface area contributed by atoms with Crippen molar-refractivity contribution in [2.24, 2.45) is 0 Å². The minimum absolute atomic E-state index is 0. The Morgan fingerprint density at radius 2 is 1.75 bits per heavy atom. The van der Waals surface area contributed by atoms with Gasteiger partial charge >= 0.3 is 5.97 Å². The van der Waals surface area contributed by atoms with Crippen LogP contribution in [0.4, 0.5) is 0 Å². The highest BCUT2D eigenvalue weighted by molar-refractivity contribution is 5.78. The minimum Gasteiger partial charge on any atom is -0.465 e. The molecule has 0 aliphatic rings. The molecule has 0 aliphatic carbocycles. The van der Waals surface area contributed by atoms with Gasteiger partial charge in [-0.3, -0.25) is 9.59 Å². The first-order valence-corrected chi connectivity index (χ1v) is 3.88. The molecular formula is C9H18O3. The van der Waals surface area contributed by atoms with Gasteiger partial charge in [0.25, 0.3) is 0 Å². The van der Waals surface area contributed by atoms with Crippen LogP contribution in [0.15, 0.2) is 0 Å². The SMILES string of the molecule is C.CCC(=O)CCOC(=O)CC. The van der Waals surface area contributed by atoms with Crippen LogP contribution in [0, 0.1) is 0 Å². The number of hydrogen-bond donors (Lipinski definition) is 0. The van der Waals surface area contributed by atoms with Crippen LogP contribution in [0.5, 0.6) is 0 Å². The zero-order chi connectivity index (χ0) is 8.69. The maximum atomic E-state index is 10.7. The molecule has 0 unspecified atom stereocenters. The van der Waals surface area contributed by atoms with E-state index in [1.165, 1.54) is 0 Å². The molecule has 0 spiro atoms. The molecule has 72 valence electrons. The maximum Gasteiger partial charge on any atom is 0.305 e. The fourth-order valence-electron chi connectivity index (χ4n) is 0.558. The summed E-state index contributed by atoms with van der Waals surface area (Å²) in [5, 5.41) is 0. The van der Waals surface area contributed by atoms with E-state index in [4.69, 9.17) is 4.74 Å². The number of rotatable bonds is 5. The third-order valence-electron chi connectivity index (χ3n) is 1.33. The van der Waals surface area contributed by atoms with Crippen molar-refractivity contribution < 1.29 is 14.3 Å². The summed E-state index contributed by atoms with van der Waals surface area (Å²) >= 11 is 0. The monoisotopic (exact) mass is 174 g/mol. The van der Waals surface area contributed by atoms with E-state index in [1.807, 2.05) is 0 Å². The summed E-state index contributed by atoms with van der Waals surface area (Å²) in [5.74, 6) is -0.109. The first-order chi connectivity index (χ1) is 5.20. The smallest absolute Gasteiger partial charge is 0.305 e. The average Bonchev–Trinajstić information content (AvgIpc) is 2.04. The topological polar surface area (TPSA) is 43.4 Å². The second-order valence-electron chi connectivity index (χ2n) is 2.22. The highest BCUT2D eigenvalue weighted by atomic mass is 16.5. The number of ketones is 1. The molecule has 0 aromatic rings. The van der Waals surface area contributed by atoms with E-state index in [0.717, 1.165) is 0 Å². The second-order valence-corrected chi connectivity index (χ2v) is 2.22. The molecule has 0 atom stereocenters. The quantitative estimate of drug-likeness (QED) is 0.598. The summed E-state index contributed by atoms with van der Waals surface area (Å²) in [5.41, 5.74) is 0. The molecular weight excluding hydrogens is 156 g/mol. The van der Waals surface area contributed by atoms with E-state index in [9.17, 15) is 9.59 Å². The molecule has 0 N–H and O–H groups in total. The summed E-state index contributed by atoms with van der Waals surface area (Å²) in [4.78, 5) is 21.2. The van der Waals surface area contributed by atoms with Gasteiger partial charge in [-0.15, -0.1) is 0 Å². The largest absolute Gasteiger partial charge is 0.465 e. The van der Waals surface area contributed by atoms with Gasteiger partial charge in [-0.25, -0.2) is 0 Å². The lowest BCUT2D eigenvalue weighted by molar-refractivity contribution is -0.143. The van der Waals surface area contributed by atoms with Crippen LogP contribution in [0.1, 0.15) is 40.5 Å². The van der Waals surface area contributed by atoms with Gasteiger partial charge in [-0.2, -0.15) is 0 Å². The van der Waals surface area contributed by atoms with Gasteiger partial charge in [0.15, 0.2) is 0 Å².